The van der Waals surface area contributed by atoms with Gasteiger partial charge in [-0.3, -0.25) is 9.59 Å². The highest BCUT2D eigenvalue weighted by Gasteiger charge is 2.51. The molecular formula is C18H15FN2O2. The molecule has 5 heteroatoms. The molecule has 1 spiro atoms. The first-order valence-corrected chi connectivity index (χ1v) is 7.56. The molecule has 2 aromatic carbocycles. The van der Waals surface area contributed by atoms with Crippen LogP contribution < -0.4 is 5.32 Å². The highest BCUT2D eigenvalue weighted by atomic mass is 19.1. The van der Waals surface area contributed by atoms with Gasteiger partial charge in [0, 0.05) is 24.3 Å². The van der Waals surface area contributed by atoms with Gasteiger partial charge in [-0.2, -0.15) is 0 Å². The molecule has 23 heavy (non-hydrogen) atoms. The van der Waals surface area contributed by atoms with Gasteiger partial charge in [0.2, 0.25) is 5.91 Å². The summed E-state index contributed by atoms with van der Waals surface area (Å²) >= 11 is 0. The van der Waals surface area contributed by atoms with Crippen molar-refractivity contribution in [1.82, 2.24) is 4.90 Å². The van der Waals surface area contributed by atoms with Crippen molar-refractivity contribution >= 4 is 17.5 Å². The number of nitrogens with one attached hydrogen (secondary N) is 1. The summed E-state index contributed by atoms with van der Waals surface area (Å²) in [6.45, 7) is 0.865. The van der Waals surface area contributed by atoms with E-state index in [4.69, 9.17) is 0 Å². The standard InChI is InChI=1S/C18H15FN2O2/c19-13-7-5-12(6-8-13)16(22)21-10-9-18(11-21)14-3-1-2-4-15(14)20-17(18)23/h1-8H,9-11H2,(H,20,23)/t18-/m0/s1. The van der Waals surface area contributed by atoms with Gasteiger partial charge >= 0.3 is 0 Å². The van der Waals surface area contributed by atoms with Gasteiger partial charge in [-0.15, -0.1) is 0 Å². The first kappa shape index (κ1) is 13.9. The number of halogens is 1. The topological polar surface area (TPSA) is 49.4 Å². The quantitative estimate of drug-likeness (QED) is 0.880. The Labute approximate surface area is 132 Å². The lowest BCUT2D eigenvalue weighted by atomic mass is 9.81. The molecule has 0 aromatic heterocycles. The van der Waals surface area contributed by atoms with E-state index < -0.39 is 5.41 Å². The zero-order chi connectivity index (χ0) is 16.0. The van der Waals surface area contributed by atoms with Crippen molar-refractivity contribution in [3.8, 4) is 0 Å². The molecule has 2 amide bonds. The number of carbonyl (C=O) groups is 2. The van der Waals surface area contributed by atoms with E-state index in [-0.39, 0.29) is 17.6 Å². The van der Waals surface area contributed by atoms with Crippen molar-refractivity contribution in [2.75, 3.05) is 18.4 Å². The van der Waals surface area contributed by atoms with E-state index in [2.05, 4.69) is 5.32 Å². The lowest BCUT2D eigenvalue weighted by Gasteiger charge is -2.22. The van der Waals surface area contributed by atoms with Crippen molar-refractivity contribution in [2.45, 2.75) is 11.8 Å². The van der Waals surface area contributed by atoms with E-state index in [9.17, 15) is 14.0 Å². The predicted molar refractivity (Wildman–Crippen MR) is 83.7 cm³/mol. The third-order valence-electron chi connectivity index (χ3n) is 4.77. The van der Waals surface area contributed by atoms with E-state index in [1.807, 2.05) is 24.3 Å². The molecule has 2 aromatic rings. The number of hydrogen-bond acceptors (Lipinski definition) is 2. The van der Waals surface area contributed by atoms with E-state index in [1.54, 1.807) is 4.90 Å². The van der Waals surface area contributed by atoms with Crippen molar-refractivity contribution < 1.29 is 14.0 Å². The normalized spacial score (nSPS) is 22.3. The van der Waals surface area contributed by atoms with Crippen molar-refractivity contribution in [2.24, 2.45) is 0 Å². The third-order valence-corrected chi connectivity index (χ3v) is 4.77. The Morgan fingerprint density at radius 3 is 2.65 bits per heavy atom. The minimum atomic E-state index is -0.660. The monoisotopic (exact) mass is 310 g/mol. The van der Waals surface area contributed by atoms with Gasteiger partial charge in [-0.05, 0) is 42.3 Å². The molecule has 4 nitrogen and oxygen atoms in total. The molecule has 1 N–H and O–H groups in total. The molecule has 1 atom stereocenters. The predicted octanol–water partition coefficient (Wildman–Crippen LogP) is 2.56. The van der Waals surface area contributed by atoms with Crippen LogP contribution in [-0.2, 0) is 10.2 Å². The number of benzene rings is 2. The van der Waals surface area contributed by atoms with Gasteiger partial charge < -0.3 is 10.2 Å². The molecule has 2 heterocycles. The van der Waals surface area contributed by atoms with Crippen LogP contribution in [0.4, 0.5) is 10.1 Å². The number of carbonyl (C=O) groups excluding carboxylic acids is 2. The van der Waals surface area contributed by atoms with E-state index in [1.165, 1.54) is 24.3 Å². The van der Waals surface area contributed by atoms with Gasteiger partial charge in [0.15, 0.2) is 0 Å². The summed E-state index contributed by atoms with van der Waals surface area (Å²) in [5, 5.41) is 2.91. The fraction of sp³-hybridized carbons (Fsp3) is 0.222. The van der Waals surface area contributed by atoms with Crippen molar-refractivity contribution in [1.29, 1.82) is 0 Å². The largest absolute Gasteiger partial charge is 0.337 e. The number of amides is 2. The van der Waals surface area contributed by atoms with Gasteiger partial charge in [0.1, 0.15) is 5.82 Å². The van der Waals surface area contributed by atoms with Crippen LogP contribution in [0.25, 0.3) is 0 Å². The first-order valence-electron chi connectivity index (χ1n) is 7.56. The molecular weight excluding hydrogens is 295 g/mol. The van der Waals surface area contributed by atoms with Gasteiger partial charge in [-0.25, -0.2) is 4.39 Å². The van der Waals surface area contributed by atoms with Crippen molar-refractivity contribution in [3.05, 3.63) is 65.5 Å². The molecule has 116 valence electrons. The number of likely N-dealkylation sites (tertiary alicyclic amines) is 1. The van der Waals surface area contributed by atoms with Crippen LogP contribution in [0, 0.1) is 5.82 Å². The summed E-state index contributed by atoms with van der Waals surface area (Å²) in [5.74, 6) is -0.587. The molecule has 2 aliphatic rings. The Morgan fingerprint density at radius 2 is 1.87 bits per heavy atom. The Bertz CT molecular complexity index is 803. The lowest BCUT2D eigenvalue weighted by molar-refractivity contribution is -0.120. The first-order chi connectivity index (χ1) is 11.1. The number of nitrogens with zero attached hydrogens (tertiary/aromatic N) is 1. The molecule has 0 radical (unpaired) electrons. The van der Waals surface area contributed by atoms with Crippen LogP contribution in [0.1, 0.15) is 22.3 Å². The third kappa shape index (κ3) is 2.04. The SMILES string of the molecule is O=C(c1ccc(F)cc1)N1CC[C@@]2(C1)C(=O)Nc1ccccc12. The zero-order valence-corrected chi connectivity index (χ0v) is 12.4. The van der Waals surface area contributed by atoms with Crippen LogP contribution in [0.5, 0.6) is 0 Å². The molecule has 0 saturated carbocycles. The Balaban J connectivity index is 1.63. The van der Waals surface area contributed by atoms with Crippen molar-refractivity contribution in [3.63, 3.8) is 0 Å². The van der Waals surface area contributed by atoms with Gasteiger partial charge in [0.25, 0.3) is 5.91 Å². The fourth-order valence-corrected chi connectivity index (χ4v) is 3.54. The highest BCUT2D eigenvalue weighted by molar-refractivity contribution is 6.07. The lowest BCUT2D eigenvalue weighted by Crippen LogP contribution is -2.39. The highest BCUT2D eigenvalue weighted by Crippen LogP contribution is 2.44. The molecule has 0 bridgehead atoms. The minimum Gasteiger partial charge on any atom is -0.337 e. The van der Waals surface area contributed by atoms with Crippen LogP contribution in [0.3, 0.4) is 0 Å². The molecule has 0 unspecified atom stereocenters. The van der Waals surface area contributed by atoms with E-state index in [0.717, 1.165) is 11.3 Å². The maximum atomic E-state index is 13.0. The fourth-order valence-electron chi connectivity index (χ4n) is 3.54. The molecule has 2 aliphatic heterocycles. The van der Waals surface area contributed by atoms with Crippen LogP contribution in [-0.4, -0.2) is 29.8 Å². The molecule has 0 aliphatic carbocycles. The summed E-state index contributed by atoms with van der Waals surface area (Å²) in [7, 11) is 0. The Morgan fingerprint density at radius 1 is 1.13 bits per heavy atom. The summed E-state index contributed by atoms with van der Waals surface area (Å²) in [6, 6.07) is 13.1. The van der Waals surface area contributed by atoms with E-state index >= 15 is 0 Å². The summed E-state index contributed by atoms with van der Waals surface area (Å²) in [4.78, 5) is 26.8. The number of fused-ring (bicyclic) bond motifs is 2. The van der Waals surface area contributed by atoms with Gasteiger partial charge in [-0.1, -0.05) is 18.2 Å². The number of rotatable bonds is 1. The molecule has 1 saturated heterocycles. The number of anilines is 1. The summed E-state index contributed by atoms with van der Waals surface area (Å²) < 4.78 is 13.0. The second kappa shape index (κ2) is 4.91. The Hall–Kier alpha value is -2.69. The summed E-state index contributed by atoms with van der Waals surface area (Å²) in [5.41, 5.74) is 1.56. The number of hydrogen-bond donors (Lipinski definition) is 1. The maximum absolute atomic E-state index is 13.0. The van der Waals surface area contributed by atoms with Gasteiger partial charge in [0.05, 0.1) is 5.41 Å². The molecule has 1 fully saturated rings. The van der Waals surface area contributed by atoms with Crippen LogP contribution >= 0.6 is 0 Å². The summed E-state index contributed by atoms with van der Waals surface area (Å²) in [6.07, 6.45) is 0.600. The smallest absolute Gasteiger partial charge is 0.253 e. The second-order valence-corrected chi connectivity index (χ2v) is 6.07. The Kier molecular flexibility index (Phi) is 2.98. The van der Waals surface area contributed by atoms with Crippen LogP contribution in [0.15, 0.2) is 48.5 Å². The average Bonchev–Trinajstić information content (AvgIpc) is 3.12. The second-order valence-electron chi connectivity index (χ2n) is 6.07. The number of para-hydroxylation sites is 1. The van der Waals surface area contributed by atoms with E-state index in [0.29, 0.717) is 25.1 Å². The average molecular weight is 310 g/mol. The maximum Gasteiger partial charge on any atom is 0.253 e. The minimum absolute atomic E-state index is 0.0480. The zero-order valence-electron chi connectivity index (χ0n) is 12.4. The molecule has 4 rings (SSSR count). The van der Waals surface area contributed by atoms with Crippen LogP contribution in [0.2, 0.25) is 0 Å².